The van der Waals surface area contributed by atoms with Crippen LogP contribution in [0, 0.1) is 0 Å². The van der Waals surface area contributed by atoms with Crippen molar-refractivity contribution in [1.29, 1.82) is 0 Å². The van der Waals surface area contributed by atoms with Crippen LogP contribution in [0.1, 0.15) is 47.5 Å². The van der Waals surface area contributed by atoms with Crippen LogP contribution in [0.2, 0.25) is 0 Å². The molecule has 2 aromatic heterocycles. The van der Waals surface area contributed by atoms with Gasteiger partial charge in [0.05, 0.1) is 11.3 Å². The minimum Gasteiger partial charge on any atom is -0.478 e. The van der Waals surface area contributed by atoms with Crippen LogP contribution in [-0.4, -0.2) is 52.7 Å². The van der Waals surface area contributed by atoms with Crippen molar-refractivity contribution in [2.45, 2.75) is 31.6 Å². The fraction of sp³-hybridized carbons (Fsp3) is 0.455. The number of fused-ring (bicyclic) bond motifs is 1. The van der Waals surface area contributed by atoms with Crippen LogP contribution in [0.4, 0.5) is 5.13 Å². The maximum absolute atomic E-state index is 11.5. The van der Waals surface area contributed by atoms with E-state index in [0.717, 1.165) is 40.5 Å². The lowest BCUT2D eigenvalue weighted by atomic mass is 9.93. The lowest BCUT2D eigenvalue weighted by molar-refractivity contribution is 0.0697. The van der Waals surface area contributed by atoms with Crippen LogP contribution in [0.15, 0.2) is 23.6 Å². The van der Waals surface area contributed by atoms with E-state index in [-0.39, 0.29) is 0 Å². The molecule has 1 aliphatic carbocycles. The first-order valence-electron chi connectivity index (χ1n) is 10.2. The third-order valence-electron chi connectivity index (χ3n) is 5.83. The van der Waals surface area contributed by atoms with E-state index < -0.39 is 5.97 Å². The average molecular weight is 413 g/mol. The van der Waals surface area contributed by atoms with E-state index in [1.54, 1.807) is 23.5 Å². The fourth-order valence-corrected chi connectivity index (χ4v) is 5.11. The molecule has 1 saturated carbocycles. The van der Waals surface area contributed by atoms with E-state index in [9.17, 15) is 9.90 Å². The van der Waals surface area contributed by atoms with Crippen molar-refractivity contribution in [2.24, 2.45) is 7.05 Å². The number of thiazole rings is 1. The van der Waals surface area contributed by atoms with Gasteiger partial charge in [0, 0.05) is 36.4 Å². The number of hydrogen-bond acceptors (Lipinski definition) is 5. The summed E-state index contributed by atoms with van der Waals surface area (Å²) in [7, 11) is 6.15. The minimum absolute atomic E-state index is 0.326. The van der Waals surface area contributed by atoms with Crippen molar-refractivity contribution in [1.82, 2.24) is 14.5 Å². The average Bonchev–Trinajstić information content (AvgIpc) is 3.41. The van der Waals surface area contributed by atoms with Gasteiger partial charge in [-0.2, -0.15) is 0 Å². The van der Waals surface area contributed by atoms with Gasteiger partial charge in [-0.1, -0.05) is 18.9 Å². The smallest absolute Gasteiger partial charge is 0.335 e. The molecule has 4 rings (SSSR count). The molecule has 7 heteroatoms. The van der Waals surface area contributed by atoms with E-state index in [4.69, 9.17) is 4.98 Å². The molecule has 29 heavy (non-hydrogen) atoms. The normalized spacial score (nSPS) is 14.9. The molecule has 0 radical (unpaired) electrons. The summed E-state index contributed by atoms with van der Waals surface area (Å²) in [6.45, 7) is 1.81. The highest BCUT2D eigenvalue weighted by atomic mass is 32.1. The number of aromatic nitrogens is 2. The molecular weight excluding hydrogens is 384 g/mol. The number of anilines is 1. The molecule has 0 atom stereocenters. The number of rotatable bonds is 7. The summed E-state index contributed by atoms with van der Waals surface area (Å²) in [6, 6.07) is 5.50. The van der Waals surface area contributed by atoms with Gasteiger partial charge in [-0.05, 0) is 50.6 Å². The second-order valence-electron chi connectivity index (χ2n) is 8.11. The van der Waals surface area contributed by atoms with Crippen molar-refractivity contribution in [3.8, 4) is 11.4 Å². The molecule has 0 amide bonds. The summed E-state index contributed by atoms with van der Waals surface area (Å²) in [5.41, 5.74) is 4.73. The number of nitrogens with zero attached hydrogens (tertiary/aromatic N) is 3. The van der Waals surface area contributed by atoms with E-state index in [0.29, 0.717) is 11.5 Å². The van der Waals surface area contributed by atoms with Gasteiger partial charge in [0.15, 0.2) is 5.13 Å². The predicted molar refractivity (Wildman–Crippen MR) is 119 cm³/mol. The lowest BCUT2D eigenvalue weighted by Gasteiger charge is -2.12. The van der Waals surface area contributed by atoms with Crippen LogP contribution in [0.25, 0.3) is 22.3 Å². The Morgan fingerprint density at radius 1 is 1.34 bits per heavy atom. The molecule has 154 valence electrons. The number of hydrogen-bond donors (Lipinski definition) is 2. The Hall–Kier alpha value is -2.38. The molecular formula is C22H28N4O2S. The van der Waals surface area contributed by atoms with Crippen LogP contribution >= 0.6 is 11.3 Å². The Morgan fingerprint density at radius 3 is 2.79 bits per heavy atom. The first-order valence-corrected chi connectivity index (χ1v) is 11.0. The van der Waals surface area contributed by atoms with E-state index in [2.05, 4.69) is 34.3 Å². The van der Waals surface area contributed by atoms with Gasteiger partial charge in [0.2, 0.25) is 0 Å². The molecule has 0 spiro atoms. The van der Waals surface area contributed by atoms with Gasteiger partial charge in [0.1, 0.15) is 5.69 Å². The number of aromatic carboxylic acids is 1. The monoisotopic (exact) mass is 412 g/mol. The van der Waals surface area contributed by atoms with E-state index in [1.807, 2.05) is 13.1 Å². The Bertz CT molecular complexity index is 1030. The second kappa shape index (κ2) is 8.16. The molecule has 0 unspecified atom stereocenters. The number of benzene rings is 1. The fourth-order valence-electron chi connectivity index (χ4n) is 4.39. The van der Waals surface area contributed by atoms with Crippen LogP contribution in [0.5, 0.6) is 0 Å². The topological polar surface area (TPSA) is 70.4 Å². The van der Waals surface area contributed by atoms with E-state index in [1.165, 1.54) is 31.2 Å². The highest BCUT2D eigenvalue weighted by Crippen LogP contribution is 2.45. The Balaban J connectivity index is 1.78. The first kappa shape index (κ1) is 19.9. The van der Waals surface area contributed by atoms with Crippen LogP contribution < -0.4 is 5.32 Å². The summed E-state index contributed by atoms with van der Waals surface area (Å²) in [4.78, 5) is 18.5. The van der Waals surface area contributed by atoms with Crippen LogP contribution in [0.3, 0.4) is 0 Å². The maximum atomic E-state index is 11.5. The number of carboxylic acid groups (broad SMARTS) is 1. The predicted octanol–water partition coefficient (Wildman–Crippen LogP) is 4.63. The maximum Gasteiger partial charge on any atom is 0.335 e. The quantitative estimate of drug-likeness (QED) is 0.592. The number of likely N-dealkylation sites (N-methyl/N-ethyl adjacent to an activating group) is 1. The Morgan fingerprint density at radius 2 is 2.10 bits per heavy atom. The van der Waals surface area contributed by atoms with Gasteiger partial charge in [0.25, 0.3) is 0 Å². The molecule has 0 saturated heterocycles. The molecule has 1 aliphatic rings. The first-order chi connectivity index (χ1) is 14.0. The standard InChI is InChI=1S/C22H28N4O2S/c1-25(2)11-10-23-22-24-17(13-29-22)20-19(14-6-4-5-7-14)16-9-8-15(21(27)28)12-18(16)26(20)3/h8-9,12-14H,4-7,10-11H2,1-3H3,(H,23,24)(H,27,28). The van der Waals surface area contributed by atoms with Gasteiger partial charge in [-0.25, -0.2) is 9.78 Å². The zero-order chi connectivity index (χ0) is 20.5. The Kier molecular flexibility index (Phi) is 5.61. The second-order valence-corrected chi connectivity index (χ2v) is 8.97. The van der Waals surface area contributed by atoms with Gasteiger partial charge >= 0.3 is 5.97 Å². The molecule has 0 bridgehead atoms. The summed E-state index contributed by atoms with van der Waals surface area (Å²) in [6.07, 6.45) is 4.87. The number of nitrogens with one attached hydrogen (secondary N) is 1. The molecule has 2 heterocycles. The summed E-state index contributed by atoms with van der Waals surface area (Å²) >= 11 is 1.63. The zero-order valence-electron chi connectivity index (χ0n) is 17.2. The molecule has 2 N–H and O–H groups in total. The van der Waals surface area contributed by atoms with Gasteiger partial charge in [-0.3, -0.25) is 0 Å². The highest BCUT2D eigenvalue weighted by molar-refractivity contribution is 7.14. The minimum atomic E-state index is -0.891. The number of carbonyl (C=O) groups is 1. The molecule has 3 aromatic rings. The Labute approximate surface area is 175 Å². The molecule has 0 aliphatic heterocycles. The van der Waals surface area contributed by atoms with Crippen LogP contribution in [-0.2, 0) is 7.05 Å². The molecule has 1 aromatic carbocycles. The van der Waals surface area contributed by atoms with Crippen molar-refractivity contribution < 1.29 is 9.90 Å². The third kappa shape index (κ3) is 3.89. The lowest BCUT2D eigenvalue weighted by Crippen LogP contribution is -2.20. The highest BCUT2D eigenvalue weighted by Gasteiger charge is 2.27. The van der Waals surface area contributed by atoms with Gasteiger partial charge in [-0.15, -0.1) is 11.3 Å². The molecule has 1 fully saturated rings. The number of carboxylic acids is 1. The van der Waals surface area contributed by atoms with Crippen molar-refractivity contribution in [3.63, 3.8) is 0 Å². The summed E-state index contributed by atoms with van der Waals surface area (Å²) in [5.74, 6) is -0.380. The third-order valence-corrected chi connectivity index (χ3v) is 6.63. The SMILES string of the molecule is CN(C)CCNc1nc(-c2c(C3CCCC3)c3ccc(C(=O)O)cc3n2C)cs1. The zero-order valence-corrected chi connectivity index (χ0v) is 18.1. The summed E-state index contributed by atoms with van der Waals surface area (Å²) < 4.78 is 2.13. The molecule has 6 nitrogen and oxygen atoms in total. The number of aryl methyl sites for hydroxylation is 1. The van der Waals surface area contributed by atoms with Crippen molar-refractivity contribution >= 4 is 33.3 Å². The van der Waals surface area contributed by atoms with Crippen molar-refractivity contribution in [3.05, 3.63) is 34.7 Å². The van der Waals surface area contributed by atoms with Gasteiger partial charge < -0.3 is 19.9 Å². The van der Waals surface area contributed by atoms with Crippen molar-refractivity contribution in [2.75, 3.05) is 32.5 Å². The largest absolute Gasteiger partial charge is 0.478 e. The summed E-state index contributed by atoms with van der Waals surface area (Å²) in [5, 5.41) is 17.0. The van der Waals surface area contributed by atoms with E-state index >= 15 is 0 Å².